The van der Waals surface area contributed by atoms with Gasteiger partial charge in [-0.25, -0.2) is 13.1 Å². The van der Waals surface area contributed by atoms with Crippen LogP contribution in [-0.2, 0) is 21.4 Å². The second kappa shape index (κ2) is 6.85. The van der Waals surface area contributed by atoms with Gasteiger partial charge in [-0.2, -0.15) is 0 Å². The molecular weight excluding hydrogens is 292 g/mol. The number of likely N-dealkylation sites (N-methyl/N-ethyl adjacent to an activating group) is 1. The van der Waals surface area contributed by atoms with Gasteiger partial charge in [0, 0.05) is 19.6 Å². The van der Waals surface area contributed by atoms with E-state index >= 15 is 0 Å². The number of rotatable bonds is 5. The molecule has 0 amide bonds. The van der Waals surface area contributed by atoms with Crippen molar-refractivity contribution in [2.75, 3.05) is 33.3 Å². The number of sulfonamides is 1. The molecule has 1 unspecified atom stereocenters. The monoisotopic (exact) mass is 314 g/mol. The van der Waals surface area contributed by atoms with Crippen LogP contribution in [0.2, 0.25) is 0 Å². The Hall–Kier alpha value is -0.990. The van der Waals surface area contributed by atoms with Gasteiger partial charge in [-0.3, -0.25) is 0 Å². The lowest BCUT2D eigenvalue weighted by Gasteiger charge is -2.30. The fourth-order valence-corrected chi connectivity index (χ4v) is 3.66. The molecule has 1 aliphatic rings. The molecule has 2 N–H and O–H groups in total. The van der Waals surface area contributed by atoms with Crippen LogP contribution in [0.25, 0.3) is 0 Å². The number of ether oxygens (including phenoxy) is 1. The van der Waals surface area contributed by atoms with Gasteiger partial charge < -0.3 is 14.7 Å². The Bertz CT molecular complexity index is 589. The van der Waals surface area contributed by atoms with E-state index in [1.807, 2.05) is 7.05 Å². The highest BCUT2D eigenvalue weighted by Crippen LogP contribution is 2.17. The molecule has 1 aliphatic heterocycles. The first-order valence-corrected chi connectivity index (χ1v) is 8.41. The standard InChI is InChI=1S/C14H22N2O4S/c1-11-3-4-12(10-17)7-14(11)21(18,19)15-8-13-9-16(2)5-6-20-13/h3-4,7,13,15,17H,5-6,8-10H2,1-2H3. The Morgan fingerprint density at radius 1 is 1.48 bits per heavy atom. The molecule has 1 atom stereocenters. The van der Waals surface area contributed by atoms with Crippen LogP contribution in [-0.4, -0.2) is 57.8 Å². The lowest BCUT2D eigenvalue weighted by atomic mass is 10.2. The van der Waals surface area contributed by atoms with Gasteiger partial charge in [-0.1, -0.05) is 12.1 Å². The van der Waals surface area contributed by atoms with Crippen molar-refractivity contribution in [3.63, 3.8) is 0 Å². The predicted octanol–water partition coefficient (Wildman–Crippen LogP) is 0.0962. The summed E-state index contributed by atoms with van der Waals surface area (Å²) >= 11 is 0. The minimum atomic E-state index is -3.60. The molecule has 6 nitrogen and oxygen atoms in total. The first-order valence-electron chi connectivity index (χ1n) is 6.92. The number of hydrogen-bond acceptors (Lipinski definition) is 5. The summed E-state index contributed by atoms with van der Waals surface area (Å²) in [5, 5.41) is 9.14. The van der Waals surface area contributed by atoms with Gasteiger partial charge >= 0.3 is 0 Å². The molecule has 118 valence electrons. The largest absolute Gasteiger partial charge is 0.392 e. The lowest BCUT2D eigenvalue weighted by Crippen LogP contribution is -2.45. The maximum Gasteiger partial charge on any atom is 0.240 e. The summed E-state index contributed by atoms with van der Waals surface area (Å²) in [5.74, 6) is 0. The van der Waals surface area contributed by atoms with E-state index in [1.54, 1.807) is 19.1 Å². The minimum Gasteiger partial charge on any atom is -0.392 e. The number of benzene rings is 1. The third-order valence-electron chi connectivity index (χ3n) is 3.57. The fourth-order valence-electron chi connectivity index (χ4n) is 2.30. The van der Waals surface area contributed by atoms with Crippen molar-refractivity contribution in [3.8, 4) is 0 Å². The predicted molar refractivity (Wildman–Crippen MR) is 79.5 cm³/mol. The van der Waals surface area contributed by atoms with Crippen molar-refractivity contribution < 1.29 is 18.3 Å². The van der Waals surface area contributed by atoms with Crippen molar-refractivity contribution in [1.29, 1.82) is 0 Å². The highest BCUT2D eigenvalue weighted by Gasteiger charge is 2.22. The van der Waals surface area contributed by atoms with Gasteiger partial charge in [0.05, 0.1) is 24.2 Å². The SMILES string of the molecule is Cc1ccc(CO)cc1S(=O)(=O)NCC1CN(C)CCO1. The number of aryl methyl sites for hydroxylation is 1. The molecule has 0 aliphatic carbocycles. The molecule has 0 saturated carbocycles. The zero-order chi connectivity index (χ0) is 15.5. The first kappa shape index (κ1) is 16.4. The molecule has 1 aromatic rings. The van der Waals surface area contributed by atoms with Crippen molar-refractivity contribution in [3.05, 3.63) is 29.3 Å². The number of nitrogens with one attached hydrogen (secondary N) is 1. The summed E-state index contributed by atoms with van der Waals surface area (Å²) in [6, 6.07) is 4.92. The molecule has 1 heterocycles. The second-order valence-electron chi connectivity index (χ2n) is 5.36. The van der Waals surface area contributed by atoms with Crippen LogP contribution in [0.3, 0.4) is 0 Å². The molecule has 2 rings (SSSR count). The van der Waals surface area contributed by atoms with E-state index in [2.05, 4.69) is 9.62 Å². The zero-order valence-corrected chi connectivity index (χ0v) is 13.2. The first-order chi connectivity index (χ1) is 9.92. The van der Waals surface area contributed by atoms with E-state index in [1.165, 1.54) is 6.07 Å². The summed E-state index contributed by atoms with van der Waals surface area (Å²) in [7, 11) is -1.62. The van der Waals surface area contributed by atoms with Crippen LogP contribution in [0.1, 0.15) is 11.1 Å². The third-order valence-corrected chi connectivity index (χ3v) is 5.13. The molecule has 1 fully saturated rings. The Morgan fingerprint density at radius 3 is 2.90 bits per heavy atom. The zero-order valence-electron chi connectivity index (χ0n) is 12.4. The second-order valence-corrected chi connectivity index (χ2v) is 7.10. The van der Waals surface area contributed by atoms with Gasteiger partial charge in [0.1, 0.15) is 0 Å². The molecule has 7 heteroatoms. The van der Waals surface area contributed by atoms with E-state index < -0.39 is 10.0 Å². The van der Waals surface area contributed by atoms with Gasteiger partial charge in [-0.15, -0.1) is 0 Å². The molecule has 1 aromatic carbocycles. The van der Waals surface area contributed by atoms with Gasteiger partial charge in [0.2, 0.25) is 10.0 Å². The summed E-state index contributed by atoms with van der Waals surface area (Å²) in [6.45, 7) is 3.98. The number of nitrogens with zero attached hydrogens (tertiary/aromatic N) is 1. The topological polar surface area (TPSA) is 78.9 Å². The van der Waals surface area contributed by atoms with Crippen LogP contribution in [0.15, 0.2) is 23.1 Å². The van der Waals surface area contributed by atoms with Crippen molar-refractivity contribution in [2.45, 2.75) is 24.5 Å². The molecule has 0 radical (unpaired) electrons. The van der Waals surface area contributed by atoms with Crippen molar-refractivity contribution in [1.82, 2.24) is 9.62 Å². The molecule has 0 aromatic heterocycles. The van der Waals surface area contributed by atoms with Crippen LogP contribution in [0.5, 0.6) is 0 Å². The van der Waals surface area contributed by atoms with Crippen molar-refractivity contribution in [2.24, 2.45) is 0 Å². The van der Waals surface area contributed by atoms with Crippen molar-refractivity contribution >= 4 is 10.0 Å². The Morgan fingerprint density at radius 2 is 2.24 bits per heavy atom. The smallest absolute Gasteiger partial charge is 0.240 e. The summed E-state index contributed by atoms with van der Waals surface area (Å²) in [5.41, 5.74) is 1.23. The van der Waals surface area contributed by atoms with E-state index in [0.29, 0.717) is 24.3 Å². The van der Waals surface area contributed by atoms with E-state index in [0.717, 1.165) is 6.54 Å². The van der Waals surface area contributed by atoms with Gasteiger partial charge in [0.25, 0.3) is 0 Å². The maximum absolute atomic E-state index is 12.4. The minimum absolute atomic E-state index is 0.139. The highest BCUT2D eigenvalue weighted by atomic mass is 32.2. The molecule has 1 saturated heterocycles. The summed E-state index contributed by atoms with van der Waals surface area (Å²) in [4.78, 5) is 2.32. The fraction of sp³-hybridized carbons (Fsp3) is 0.571. The number of morpholine rings is 1. The van der Waals surface area contributed by atoms with Gasteiger partial charge in [0.15, 0.2) is 0 Å². The van der Waals surface area contributed by atoms with Gasteiger partial charge in [-0.05, 0) is 31.2 Å². The molecule has 21 heavy (non-hydrogen) atoms. The Kier molecular flexibility index (Phi) is 5.34. The number of aliphatic hydroxyl groups is 1. The lowest BCUT2D eigenvalue weighted by molar-refractivity contribution is -0.0156. The summed E-state index contributed by atoms with van der Waals surface area (Å²) < 4.78 is 32.9. The van der Waals surface area contributed by atoms with E-state index in [9.17, 15) is 8.42 Å². The quantitative estimate of drug-likeness (QED) is 0.806. The van der Waals surface area contributed by atoms with Crippen LogP contribution >= 0.6 is 0 Å². The average Bonchev–Trinajstić information content (AvgIpc) is 2.46. The normalized spacial score (nSPS) is 20.6. The molecule has 0 bridgehead atoms. The summed E-state index contributed by atoms with van der Waals surface area (Å²) in [6.07, 6.45) is -0.139. The van der Waals surface area contributed by atoms with E-state index in [4.69, 9.17) is 9.84 Å². The third kappa shape index (κ3) is 4.24. The van der Waals surface area contributed by atoms with Crippen LogP contribution in [0.4, 0.5) is 0 Å². The molecule has 0 spiro atoms. The molecular formula is C14H22N2O4S. The van der Waals surface area contributed by atoms with Crippen LogP contribution < -0.4 is 4.72 Å². The Balaban J connectivity index is 2.08. The highest BCUT2D eigenvalue weighted by molar-refractivity contribution is 7.89. The average molecular weight is 314 g/mol. The number of aliphatic hydroxyl groups excluding tert-OH is 1. The number of hydrogen-bond donors (Lipinski definition) is 2. The van der Waals surface area contributed by atoms with E-state index in [-0.39, 0.29) is 24.2 Å². The maximum atomic E-state index is 12.4. The van der Waals surface area contributed by atoms with Crippen LogP contribution in [0, 0.1) is 6.92 Å². The Labute approximate surface area is 125 Å².